The van der Waals surface area contributed by atoms with Crippen LogP contribution in [-0.2, 0) is 20.9 Å². The molecule has 0 bridgehead atoms. The van der Waals surface area contributed by atoms with Crippen molar-refractivity contribution in [2.24, 2.45) is 0 Å². The second-order valence-corrected chi connectivity index (χ2v) is 9.93. The van der Waals surface area contributed by atoms with Crippen LogP contribution in [-0.4, -0.2) is 55.4 Å². The van der Waals surface area contributed by atoms with Crippen LogP contribution in [0.2, 0.25) is 0 Å². The molecule has 2 unspecified atom stereocenters. The molecule has 4 aromatic carbocycles. The van der Waals surface area contributed by atoms with Gasteiger partial charge in [-0.3, -0.25) is 4.79 Å². The molecule has 1 aliphatic rings. The molecule has 226 valence electrons. The lowest BCUT2D eigenvalue weighted by molar-refractivity contribution is -0.192. The number of benzene rings is 4. The lowest BCUT2D eigenvalue weighted by atomic mass is 9.87. The maximum absolute atomic E-state index is 12.1. The Labute approximate surface area is 247 Å². The van der Waals surface area contributed by atoms with Crippen LogP contribution in [0.25, 0.3) is 10.8 Å². The van der Waals surface area contributed by atoms with Gasteiger partial charge < -0.3 is 24.6 Å². The van der Waals surface area contributed by atoms with Crippen LogP contribution in [0.4, 0.5) is 13.2 Å². The first-order valence-corrected chi connectivity index (χ1v) is 13.7. The predicted octanol–water partition coefficient (Wildman–Crippen LogP) is 6.16. The third kappa shape index (κ3) is 9.83. The zero-order valence-electron chi connectivity index (χ0n) is 23.3. The number of alkyl halides is 3. The Hall–Kier alpha value is -4.41. The molecule has 1 fully saturated rings. The van der Waals surface area contributed by atoms with Crippen LogP contribution in [0.1, 0.15) is 23.5 Å². The van der Waals surface area contributed by atoms with Crippen molar-refractivity contribution in [2.75, 3.05) is 26.3 Å². The van der Waals surface area contributed by atoms with E-state index in [2.05, 4.69) is 59.9 Å². The highest BCUT2D eigenvalue weighted by Gasteiger charge is 2.38. The molecule has 5 rings (SSSR count). The van der Waals surface area contributed by atoms with Crippen molar-refractivity contribution in [3.63, 3.8) is 0 Å². The normalized spacial score (nSPS) is 16.5. The van der Waals surface area contributed by atoms with Gasteiger partial charge in [-0.15, -0.1) is 0 Å². The van der Waals surface area contributed by atoms with E-state index in [4.69, 9.17) is 24.1 Å². The van der Waals surface area contributed by atoms with Gasteiger partial charge >= 0.3 is 12.1 Å². The summed E-state index contributed by atoms with van der Waals surface area (Å²) >= 11 is 0. The molecule has 7 nitrogen and oxygen atoms in total. The molecular weight excluding hydrogens is 563 g/mol. The Morgan fingerprint density at radius 2 is 1.42 bits per heavy atom. The van der Waals surface area contributed by atoms with Gasteiger partial charge in [0.25, 0.3) is 0 Å². The minimum atomic E-state index is -5.08. The molecule has 1 saturated heterocycles. The van der Waals surface area contributed by atoms with Crippen molar-refractivity contribution >= 4 is 22.5 Å². The third-order valence-corrected chi connectivity index (χ3v) is 6.80. The van der Waals surface area contributed by atoms with Crippen molar-refractivity contribution in [3.8, 4) is 11.5 Å². The lowest BCUT2D eigenvalue weighted by Crippen LogP contribution is -2.40. The Morgan fingerprint density at radius 3 is 2.07 bits per heavy atom. The number of aliphatic carboxylic acids is 1. The van der Waals surface area contributed by atoms with Crippen molar-refractivity contribution in [2.45, 2.75) is 31.2 Å². The number of hydrogen-bond donors (Lipinski definition) is 2. The number of carbonyl (C=O) groups is 2. The van der Waals surface area contributed by atoms with E-state index in [1.165, 1.54) is 21.9 Å². The number of nitrogens with one attached hydrogen (secondary N) is 1. The number of carbonyl (C=O) groups excluding carboxylic acids is 1. The Balaban J connectivity index is 0.000000541. The molecule has 1 heterocycles. The fourth-order valence-electron chi connectivity index (χ4n) is 4.62. The molecule has 0 spiro atoms. The summed E-state index contributed by atoms with van der Waals surface area (Å²) < 4.78 is 49.3. The monoisotopic (exact) mass is 595 g/mol. The molecule has 2 atom stereocenters. The molecule has 1 aliphatic heterocycles. The zero-order valence-corrected chi connectivity index (χ0v) is 23.3. The summed E-state index contributed by atoms with van der Waals surface area (Å²) in [5, 5.41) is 13.1. The molecule has 2 N–H and O–H groups in total. The minimum Gasteiger partial charge on any atom is -0.486 e. The number of ether oxygens (including phenoxy) is 3. The number of hydrogen-bond acceptors (Lipinski definition) is 6. The number of carboxylic acids is 1. The average molecular weight is 596 g/mol. The minimum absolute atomic E-state index is 0.00655. The largest absolute Gasteiger partial charge is 0.490 e. The van der Waals surface area contributed by atoms with Gasteiger partial charge in [-0.05, 0) is 65.2 Å². The van der Waals surface area contributed by atoms with E-state index in [-0.39, 0.29) is 25.1 Å². The van der Waals surface area contributed by atoms with Crippen LogP contribution in [0.3, 0.4) is 0 Å². The average Bonchev–Trinajstić information content (AvgIpc) is 3.02. The second kappa shape index (κ2) is 15.2. The van der Waals surface area contributed by atoms with Crippen LogP contribution in [0, 0.1) is 0 Å². The number of ketones is 1. The van der Waals surface area contributed by atoms with Gasteiger partial charge in [-0.25, -0.2) is 4.79 Å². The van der Waals surface area contributed by atoms with Crippen LogP contribution >= 0.6 is 0 Å². The van der Waals surface area contributed by atoms with Gasteiger partial charge in [0, 0.05) is 12.5 Å². The molecule has 0 aliphatic carbocycles. The van der Waals surface area contributed by atoms with Crippen LogP contribution in [0.15, 0.2) is 97.1 Å². The van der Waals surface area contributed by atoms with Gasteiger partial charge in [0.1, 0.15) is 24.7 Å². The van der Waals surface area contributed by atoms with E-state index in [1.54, 1.807) is 0 Å². The van der Waals surface area contributed by atoms with E-state index in [9.17, 15) is 18.0 Å². The highest BCUT2D eigenvalue weighted by molar-refractivity contribution is 5.83. The number of para-hydroxylation sites is 1. The highest BCUT2D eigenvalue weighted by Crippen LogP contribution is 2.30. The Morgan fingerprint density at radius 1 is 0.814 bits per heavy atom. The number of Topliss-reactive ketones (excluding diaryl/α,β-unsaturated/α-hetero) is 1. The topological polar surface area (TPSA) is 94.1 Å². The van der Waals surface area contributed by atoms with Gasteiger partial charge in [-0.2, -0.15) is 13.2 Å². The summed E-state index contributed by atoms with van der Waals surface area (Å²) in [6.45, 7) is 2.35. The molecule has 0 radical (unpaired) electrons. The van der Waals surface area contributed by atoms with E-state index < -0.39 is 12.1 Å². The van der Waals surface area contributed by atoms with Crippen molar-refractivity contribution < 1.29 is 42.1 Å². The van der Waals surface area contributed by atoms with Gasteiger partial charge in [-0.1, -0.05) is 66.7 Å². The zero-order chi connectivity index (χ0) is 30.7. The van der Waals surface area contributed by atoms with E-state index in [0.717, 1.165) is 19.5 Å². The summed E-state index contributed by atoms with van der Waals surface area (Å²) in [5.74, 6) is -1.21. The number of halogens is 3. The van der Waals surface area contributed by atoms with Crippen molar-refractivity contribution in [1.29, 1.82) is 0 Å². The summed E-state index contributed by atoms with van der Waals surface area (Å²) in [4.78, 5) is 21.0. The lowest BCUT2D eigenvalue weighted by Gasteiger charge is -2.32. The first-order valence-electron chi connectivity index (χ1n) is 13.7. The maximum Gasteiger partial charge on any atom is 0.490 e. The smallest absolute Gasteiger partial charge is 0.486 e. The number of fused-ring (bicyclic) bond motifs is 1. The fourth-order valence-corrected chi connectivity index (χ4v) is 4.62. The van der Waals surface area contributed by atoms with Crippen LogP contribution in [0.5, 0.6) is 11.5 Å². The molecule has 0 aromatic heterocycles. The first kappa shape index (κ1) is 31.5. The maximum atomic E-state index is 12.1. The van der Waals surface area contributed by atoms with Gasteiger partial charge in [0.15, 0.2) is 0 Å². The molecule has 0 saturated carbocycles. The number of carboxylic acid groups (broad SMARTS) is 1. The third-order valence-electron chi connectivity index (χ3n) is 6.80. The van der Waals surface area contributed by atoms with E-state index >= 15 is 0 Å². The second-order valence-electron chi connectivity index (χ2n) is 9.93. The molecular formula is C33H32F3NO6. The molecule has 4 aromatic rings. The molecule has 10 heteroatoms. The fraction of sp³-hybridized carbons (Fsp3) is 0.273. The molecule has 43 heavy (non-hydrogen) atoms. The van der Waals surface area contributed by atoms with Crippen molar-refractivity contribution in [1.82, 2.24) is 5.32 Å². The van der Waals surface area contributed by atoms with Gasteiger partial charge in [0.05, 0.1) is 12.7 Å². The summed E-state index contributed by atoms with van der Waals surface area (Å²) in [7, 11) is 0. The molecule has 0 amide bonds. The summed E-state index contributed by atoms with van der Waals surface area (Å²) in [5.41, 5.74) is 2.41. The Bertz CT molecular complexity index is 1480. The number of rotatable bonds is 10. The SMILES string of the molecule is O=C(COc1ccccc1)COc1ccc(C2CCNCC2OCc2ccc3ccccc3c2)cc1.O=C(O)C(F)(F)F. The van der Waals surface area contributed by atoms with Crippen molar-refractivity contribution in [3.05, 3.63) is 108 Å². The predicted molar refractivity (Wildman–Crippen MR) is 155 cm³/mol. The first-order chi connectivity index (χ1) is 20.7. The van der Waals surface area contributed by atoms with E-state index in [0.29, 0.717) is 24.0 Å². The highest BCUT2D eigenvalue weighted by atomic mass is 19.4. The van der Waals surface area contributed by atoms with E-state index in [1.807, 2.05) is 42.5 Å². The Kier molecular flexibility index (Phi) is 11.1. The number of piperidine rings is 1. The summed E-state index contributed by atoms with van der Waals surface area (Å²) in [6.07, 6.45) is -3.98. The standard InChI is InChI=1S/C31H31NO4.C2HF3O2/c33-27(21-34-28-8-2-1-3-9-28)22-35-29-14-12-25(13-15-29)30-16-17-32-19-31(30)36-20-23-10-11-24-6-4-5-7-26(24)18-23;3-2(4,5)1(6)7/h1-15,18,30-32H,16-17,19-22H2;(H,6,7). The quantitative estimate of drug-likeness (QED) is 0.227. The van der Waals surface area contributed by atoms with Crippen LogP contribution < -0.4 is 14.8 Å². The van der Waals surface area contributed by atoms with Gasteiger partial charge in [0.2, 0.25) is 5.78 Å². The summed E-state index contributed by atoms with van der Waals surface area (Å²) in [6, 6.07) is 32.2.